The van der Waals surface area contributed by atoms with Crippen molar-refractivity contribution in [2.75, 3.05) is 27.2 Å². The molecule has 0 fully saturated rings. The van der Waals surface area contributed by atoms with Gasteiger partial charge in [-0.1, -0.05) is 6.92 Å². The van der Waals surface area contributed by atoms with Crippen molar-refractivity contribution < 1.29 is 22.8 Å². The number of nitrogens with one attached hydrogen (secondary N) is 2. The summed E-state index contributed by atoms with van der Waals surface area (Å²) in [5.41, 5.74) is -0.526. The molecule has 0 bridgehead atoms. The molecule has 10 heteroatoms. The molecule has 0 aromatic carbocycles. The zero-order chi connectivity index (χ0) is 18.5. The third kappa shape index (κ3) is 6.09. The van der Waals surface area contributed by atoms with Crippen LogP contribution in [0.2, 0.25) is 0 Å². The third-order valence-electron chi connectivity index (χ3n) is 3.13. The molecule has 0 aliphatic heterocycles. The van der Waals surface area contributed by atoms with Crippen LogP contribution in [0.1, 0.15) is 18.3 Å². The maximum absolute atomic E-state index is 12.9. The van der Waals surface area contributed by atoms with E-state index in [-0.39, 0.29) is 31.2 Å². The number of aromatic nitrogens is 2. The Balaban J connectivity index is 2.49. The molecule has 0 aliphatic carbocycles. The van der Waals surface area contributed by atoms with Gasteiger partial charge in [-0.3, -0.25) is 9.48 Å². The lowest BCUT2D eigenvalue weighted by Crippen LogP contribution is -2.42. The minimum absolute atomic E-state index is 0.0209. The van der Waals surface area contributed by atoms with Gasteiger partial charge in [-0.2, -0.15) is 18.3 Å². The van der Waals surface area contributed by atoms with E-state index in [1.165, 1.54) is 11.8 Å². The van der Waals surface area contributed by atoms with Gasteiger partial charge in [0.15, 0.2) is 0 Å². The van der Waals surface area contributed by atoms with Crippen molar-refractivity contribution in [3.05, 3.63) is 17.5 Å². The summed E-state index contributed by atoms with van der Waals surface area (Å²) in [6, 6.07) is 0.585. The molecular weight excluding hydrogens is 327 g/mol. The Morgan fingerprint density at radius 1 is 1.33 bits per heavy atom. The van der Waals surface area contributed by atoms with Gasteiger partial charge < -0.3 is 15.5 Å². The summed E-state index contributed by atoms with van der Waals surface area (Å²) in [6.07, 6.45) is -4.47. The number of urea groups is 1. The molecule has 1 aromatic rings. The van der Waals surface area contributed by atoms with Gasteiger partial charge >= 0.3 is 12.2 Å². The van der Waals surface area contributed by atoms with E-state index in [2.05, 4.69) is 15.7 Å². The van der Waals surface area contributed by atoms with Crippen LogP contribution in [-0.2, 0) is 17.5 Å². The van der Waals surface area contributed by atoms with Gasteiger partial charge in [-0.05, 0) is 18.9 Å². The maximum atomic E-state index is 12.9. The predicted octanol–water partition coefficient (Wildman–Crippen LogP) is 1.23. The van der Waals surface area contributed by atoms with Gasteiger partial charge in [0, 0.05) is 27.2 Å². The lowest BCUT2D eigenvalue weighted by Gasteiger charge is -2.16. The standard InChI is InChI=1S/C14H22F3N5O2/c1-9(6-18-12(23)7-19-13(24)21(3)4)8-22-11(14(15,16)17)5-10(2)20-22/h5,9H,6-8H2,1-4H3,(H,18,23)(H,19,24)/t9-/m0/s1. The van der Waals surface area contributed by atoms with E-state index < -0.39 is 23.8 Å². The monoisotopic (exact) mass is 349 g/mol. The molecular formula is C14H22F3N5O2. The first-order valence-corrected chi connectivity index (χ1v) is 7.34. The minimum atomic E-state index is -4.47. The quantitative estimate of drug-likeness (QED) is 0.811. The summed E-state index contributed by atoms with van der Waals surface area (Å²) >= 11 is 0. The molecule has 1 atom stereocenters. The third-order valence-corrected chi connectivity index (χ3v) is 3.13. The molecule has 0 unspecified atom stereocenters. The highest BCUT2D eigenvalue weighted by Crippen LogP contribution is 2.30. The Labute approximate surface area is 138 Å². The average Bonchev–Trinajstić information content (AvgIpc) is 2.83. The molecule has 1 heterocycles. The highest BCUT2D eigenvalue weighted by molar-refractivity contribution is 5.83. The molecule has 1 aromatic heterocycles. The summed E-state index contributed by atoms with van der Waals surface area (Å²) in [4.78, 5) is 24.2. The molecule has 0 saturated carbocycles. The van der Waals surface area contributed by atoms with E-state index in [1.54, 1.807) is 21.0 Å². The number of halogens is 3. The van der Waals surface area contributed by atoms with E-state index in [4.69, 9.17) is 0 Å². The molecule has 0 radical (unpaired) electrons. The van der Waals surface area contributed by atoms with Crippen LogP contribution >= 0.6 is 0 Å². The van der Waals surface area contributed by atoms with Gasteiger partial charge in [0.2, 0.25) is 5.91 Å². The molecule has 136 valence electrons. The van der Waals surface area contributed by atoms with Crippen molar-refractivity contribution in [2.45, 2.75) is 26.6 Å². The van der Waals surface area contributed by atoms with Crippen LogP contribution in [0.15, 0.2) is 6.07 Å². The normalized spacial score (nSPS) is 12.6. The number of amides is 3. The number of rotatable bonds is 6. The topological polar surface area (TPSA) is 79.3 Å². The van der Waals surface area contributed by atoms with E-state index >= 15 is 0 Å². The van der Waals surface area contributed by atoms with Crippen LogP contribution < -0.4 is 10.6 Å². The summed E-state index contributed by atoms with van der Waals surface area (Å²) in [6.45, 7) is 3.19. The molecule has 24 heavy (non-hydrogen) atoms. The smallest absolute Gasteiger partial charge is 0.354 e. The lowest BCUT2D eigenvalue weighted by molar-refractivity contribution is -0.144. The largest absolute Gasteiger partial charge is 0.433 e. The van der Waals surface area contributed by atoms with Crippen LogP contribution in [-0.4, -0.2) is 53.8 Å². The van der Waals surface area contributed by atoms with Crippen molar-refractivity contribution in [3.63, 3.8) is 0 Å². The zero-order valence-corrected chi connectivity index (χ0v) is 14.1. The second kappa shape index (κ2) is 8.02. The Morgan fingerprint density at radius 2 is 1.96 bits per heavy atom. The van der Waals surface area contributed by atoms with Crippen LogP contribution in [0, 0.1) is 12.8 Å². The first-order valence-electron chi connectivity index (χ1n) is 7.34. The van der Waals surface area contributed by atoms with Crippen LogP contribution in [0.3, 0.4) is 0 Å². The number of nitrogens with zero attached hydrogens (tertiary/aromatic N) is 3. The molecule has 0 spiro atoms. The molecule has 1 rings (SSSR count). The van der Waals surface area contributed by atoms with Crippen LogP contribution in [0.25, 0.3) is 0 Å². The zero-order valence-electron chi connectivity index (χ0n) is 14.1. The highest BCUT2D eigenvalue weighted by atomic mass is 19.4. The Hall–Kier alpha value is -2.26. The molecule has 3 amide bonds. The van der Waals surface area contributed by atoms with Gasteiger partial charge in [0.1, 0.15) is 5.69 Å². The van der Waals surface area contributed by atoms with Gasteiger partial charge in [0.05, 0.1) is 12.2 Å². The predicted molar refractivity (Wildman–Crippen MR) is 81.2 cm³/mol. The summed E-state index contributed by atoms with van der Waals surface area (Å²) in [5, 5.41) is 8.81. The average molecular weight is 349 g/mol. The second-order valence-corrected chi connectivity index (χ2v) is 5.81. The summed E-state index contributed by atoms with van der Waals surface area (Å²) in [5.74, 6) is -0.677. The highest BCUT2D eigenvalue weighted by Gasteiger charge is 2.35. The summed E-state index contributed by atoms with van der Waals surface area (Å²) < 4.78 is 39.6. The SMILES string of the molecule is Cc1cc(C(F)(F)F)n(C[C@@H](C)CNC(=O)CNC(=O)N(C)C)n1. The van der Waals surface area contributed by atoms with Gasteiger partial charge in [-0.25, -0.2) is 4.79 Å². The van der Waals surface area contributed by atoms with E-state index in [1.807, 2.05) is 0 Å². The Bertz CT molecular complexity index is 583. The molecule has 0 aliphatic rings. The number of alkyl halides is 3. The first-order chi connectivity index (χ1) is 11.0. The molecule has 7 nitrogen and oxygen atoms in total. The van der Waals surface area contributed by atoms with E-state index in [0.29, 0.717) is 0 Å². The van der Waals surface area contributed by atoms with Crippen molar-refractivity contribution in [1.82, 2.24) is 25.3 Å². The van der Waals surface area contributed by atoms with E-state index in [0.717, 1.165) is 10.7 Å². The first kappa shape index (κ1) is 19.8. The lowest BCUT2D eigenvalue weighted by atomic mass is 10.2. The number of carbonyl (C=O) groups is 2. The number of aryl methyl sites for hydroxylation is 1. The fourth-order valence-corrected chi connectivity index (χ4v) is 1.94. The minimum Gasteiger partial charge on any atom is -0.354 e. The van der Waals surface area contributed by atoms with Crippen molar-refractivity contribution in [1.29, 1.82) is 0 Å². The summed E-state index contributed by atoms with van der Waals surface area (Å²) in [7, 11) is 3.08. The van der Waals surface area contributed by atoms with Crippen molar-refractivity contribution in [2.24, 2.45) is 5.92 Å². The number of hydrogen-bond acceptors (Lipinski definition) is 3. The maximum Gasteiger partial charge on any atom is 0.433 e. The number of carbonyl (C=O) groups excluding carboxylic acids is 2. The Kier molecular flexibility index (Phi) is 6.61. The van der Waals surface area contributed by atoms with E-state index in [9.17, 15) is 22.8 Å². The van der Waals surface area contributed by atoms with Gasteiger partial charge in [-0.15, -0.1) is 0 Å². The fourth-order valence-electron chi connectivity index (χ4n) is 1.94. The van der Waals surface area contributed by atoms with Crippen LogP contribution in [0.5, 0.6) is 0 Å². The molecule has 2 N–H and O–H groups in total. The van der Waals surface area contributed by atoms with Crippen LogP contribution in [0.4, 0.5) is 18.0 Å². The molecule has 0 saturated heterocycles. The Morgan fingerprint density at radius 3 is 2.50 bits per heavy atom. The fraction of sp³-hybridized carbons (Fsp3) is 0.643. The second-order valence-electron chi connectivity index (χ2n) is 5.81. The van der Waals surface area contributed by atoms with Gasteiger partial charge in [0.25, 0.3) is 0 Å². The van der Waals surface area contributed by atoms with Crippen molar-refractivity contribution in [3.8, 4) is 0 Å². The number of hydrogen-bond donors (Lipinski definition) is 2. The van der Waals surface area contributed by atoms with Crippen molar-refractivity contribution >= 4 is 11.9 Å².